The number of amides is 2. The van der Waals surface area contributed by atoms with Gasteiger partial charge in [0.2, 0.25) is 5.91 Å². The normalized spacial score (nSPS) is 21.6. The lowest BCUT2D eigenvalue weighted by Crippen LogP contribution is -2.57. The number of ether oxygens (including phenoxy) is 4. The molecule has 3 heterocycles. The van der Waals surface area contributed by atoms with Crippen molar-refractivity contribution in [1.29, 1.82) is 0 Å². The fourth-order valence-corrected chi connectivity index (χ4v) is 4.78. The largest absolute Gasteiger partial charge is 0.489 e. The van der Waals surface area contributed by atoms with E-state index in [1.807, 2.05) is 36.4 Å². The van der Waals surface area contributed by atoms with Crippen molar-refractivity contribution in [3.05, 3.63) is 60.3 Å². The standard InChI is InChI=1S/C30H34FN3O6/c1-30(2,3)40-29(36)34-12-11-21-14-25(34)28(35)33-15-20(31)18-38-27-23-13-22(39-21)16-32-24(23)9-10-26(27)37-17-19-7-5-4-6-8-19/h4-10,13,16,20-21,25H,11-12,14-15,17-18H2,1-3H3,(H,33,35)/t20?,21-,25-/m0/s1. The Kier molecular flexibility index (Phi) is 7.95. The van der Waals surface area contributed by atoms with E-state index in [1.54, 1.807) is 39.1 Å². The number of hydrogen-bond donors (Lipinski definition) is 1. The first-order chi connectivity index (χ1) is 19.2. The molecule has 3 atom stereocenters. The molecular formula is C30H34FN3O6. The van der Waals surface area contributed by atoms with E-state index < -0.39 is 29.8 Å². The summed E-state index contributed by atoms with van der Waals surface area (Å²) in [6.45, 7) is 5.25. The average molecular weight is 552 g/mol. The summed E-state index contributed by atoms with van der Waals surface area (Å²) in [6, 6.07) is 14.2. The zero-order valence-electron chi connectivity index (χ0n) is 22.9. The fraction of sp³-hybridized carbons (Fsp3) is 0.433. The molecule has 0 saturated carbocycles. The van der Waals surface area contributed by atoms with Crippen LogP contribution in [0.4, 0.5) is 9.18 Å². The van der Waals surface area contributed by atoms with Gasteiger partial charge < -0.3 is 24.3 Å². The van der Waals surface area contributed by atoms with Crippen molar-refractivity contribution < 1.29 is 32.9 Å². The second-order valence-corrected chi connectivity index (χ2v) is 11.0. The summed E-state index contributed by atoms with van der Waals surface area (Å²) in [7, 11) is 0. The summed E-state index contributed by atoms with van der Waals surface area (Å²) in [5.41, 5.74) is 0.897. The number of nitrogens with one attached hydrogen (secondary N) is 1. The number of nitrogens with zero attached hydrogens (tertiary/aromatic N) is 2. The predicted molar refractivity (Wildman–Crippen MR) is 146 cm³/mol. The number of likely N-dealkylation sites (tertiary alicyclic amines) is 1. The van der Waals surface area contributed by atoms with Gasteiger partial charge in [-0.25, -0.2) is 9.18 Å². The lowest BCUT2D eigenvalue weighted by molar-refractivity contribution is -0.129. The number of alkyl halides is 1. The van der Waals surface area contributed by atoms with E-state index in [1.165, 1.54) is 4.90 Å². The van der Waals surface area contributed by atoms with Gasteiger partial charge in [-0.15, -0.1) is 0 Å². The van der Waals surface area contributed by atoms with Crippen LogP contribution in [-0.2, 0) is 16.1 Å². The third-order valence-corrected chi connectivity index (χ3v) is 6.69. The molecule has 212 valence electrons. The van der Waals surface area contributed by atoms with Crippen LogP contribution in [0.15, 0.2) is 54.7 Å². The van der Waals surface area contributed by atoms with Crippen molar-refractivity contribution >= 4 is 22.9 Å². The van der Waals surface area contributed by atoms with Gasteiger partial charge in [-0.3, -0.25) is 14.7 Å². The number of hydrogen-bond acceptors (Lipinski definition) is 7. The lowest BCUT2D eigenvalue weighted by Gasteiger charge is -2.39. The van der Waals surface area contributed by atoms with Crippen LogP contribution in [0, 0.1) is 0 Å². The molecule has 4 bridgehead atoms. The maximum atomic E-state index is 15.0. The van der Waals surface area contributed by atoms with Crippen molar-refractivity contribution in [2.45, 2.75) is 64.1 Å². The minimum absolute atomic E-state index is 0.226. The Labute approximate surface area is 232 Å². The first-order valence-corrected chi connectivity index (χ1v) is 13.5. The molecule has 5 rings (SSSR count). The van der Waals surface area contributed by atoms with Crippen molar-refractivity contribution in [3.8, 4) is 17.2 Å². The molecule has 2 aliphatic rings. The van der Waals surface area contributed by atoms with Gasteiger partial charge >= 0.3 is 6.09 Å². The van der Waals surface area contributed by atoms with Gasteiger partial charge in [0, 0.05) is 24.8 Å². The number of rotatable bonds is 3. The lowest BCUT2D eigenvalue weighted by atomic mass is 9.98. The van der Waals surface area contributed by atoms with Crippen LogP contribution in [0.25, 0.3) is 10.9 Å². The molecule has 9 nitrogen and oxygen atoms in total. The number of benzene rings is 2. The summed E-state index contributed by atoms with van der Waals surface area (Å²) >= 11 is 0. The van der Waals surface area contributed by atoms with E-state index in [2.05, 4.69) is 10.3 Å². The van der Waals surface area contributed by atoms with E-state index in [4.69, 9.17) is 18.9 Å². The van der Waals surface area contributed by atoms with Crippen LogP contribution < -0.4 is 19.5 Å². The highest BCUT2D eigenvalue weighted by atomic mass is 19.1. The van der Waals surface area contributed by atoms with Crippen LogP contribution >= 0.6 is 0 Å². The predicted octanol–water partition coefficient (Wildman–Crippen LogP) is 4.81. The number of halogens is 1. The summed E-state index contributed by atoms with van der Waals surface area (Å²) in [4.78, 5) is 32.0. The third-order valence-electron chi connectivity index (χ3n) is 6.69. The van der Waals surface area contributed by atoms with Gasteiger partial charge in [0.25, 0.3) is 0 Å². The molecule has 2 aromatic carbocycles. The van der Waals surface area contributed by atoms with E-state index >= 15 is 4.39 Å². The minimum Gasteiger partial charge on any atom is -0.489 e. The van der Waals surface area contributed by atoms with Crippen LogP contribution in [0.1, 0.15) is 39.2 Å². The zero-order chi connectivity index (χ0) is 28.3. The molecule has 2 aliphatic heterocycles. The molecule has 0 radical (unpaired) electrons. The molecule has 40 heavy (non-hydrogen) atoms. The Hall–Kier alpha value is -4.08. The molecular weight excluding hydrogens is 517 g/mol. The van der Waals surface area contributed by atoms with Gasteiger partial charge in [-0.05, 0) is 44.5 Å². The number of piperidine rings is 1. The second kappa shape index (κ2) is 11.6. The Morgan fingerprint density at radius 3 is 2.77 bits per heavy atom. The second-order valence-electron chi connectivity index (χ2n) is 11.0. The minimum atomic E-state index is -1.51. The van der Waals surface area contributed by atoms with Crippen molar-refractivity contribution in [3.63, 3.8) is 0 Å². The summed E-state index contributed by atoms with van der Waals surface area (Å²) in [5, 5.41) is 3.26. The molecule has 1 aromatic heterocycles. The Morgan fingerprint density at radius 2 is 2.00 bits per heavy atom. The number of pyridine rings is 1. The van der Waals surface area contributed by atoms with E-state index in [0.717, 1.165) is 5.56 Å². The van der Waals surface area contributed by atoms with Crippen molar-refractivity contribution in [2.24, 2.45) is 0 Å². The molecule has 1 fully saturated rings. The maximum absolute atomic E-state index is 15.0. The summed E-state index contributed by atoms with van der Waals surface area (Å²) in [6.07, 6.45) is -0.159. The van der Waals surface area contributed by atoms with E-state index in [9.17, 15) is 9.59 Å². The van der Waals surface area contributed by atoms with Crippen LogP contribution in [0.2, 0.25) is 0 Å². The SMILES string of the molecule is CC(C)(C)OC(=O)N1CC[C@H]2C[C@H]1C(=O)NCC(F)COc1c(OCc3ccccc3)ccc3ncc(cc13)O2. The van der Waals surface area contributed by atoms with E-state index in [0.29, 0.717) is 41.2 Å². The van der Waals surface area contributed by atoms with Crippen LogP contribution in [0.3, 0.4) is 0 Å². The fourth-order valence-electron chi connectivity index (χ4n) is 4.78. The monoisotopic (exact) mass is 551 g/mol. The Morgan fingerprint density at radius 1 is 1.20 bits per heavy atom. The van der Waals surface area contributed by atoms with Gasteiger partial charge in [0.1, 0.15) is 36.7 Å². The first kappa shape index (κ1) is 27.5. The van der Waals surface area contributed by atoms with Gasteiger partial charge in [-0.1, -0.05) is 30.3 Å². The smallest absolute Gasteiger partial charge is 0.410 e. The van der Waals surface area contributed by atoms with Crippen molar-refractivity contribution in [2.75, 3.05) is 19.7 Å². The number of carbonyl (C=O) groups excluding carboxylic acids is 2. The van der Waals surface area contributed by atoms with Gasteiger partial charge in [-0.2, -0.15) is 0 Å². The quantitative estimate of drug-likeness (QED) is 0.499. The number of fused-ring (bicyclic) bond motifs is 3. The zero-order valence-corrected chi connectivity index (χ0v) is 22.9. The van der Waals surface area contributed by atoms with E-state index in [-0.39, 0.29) is 32.2 Å². The number of aromatic nitrogens is 1. The first-order valence-electron chi connectivity index (χ1n) is 13.5. The Balaban J connectivity index is 1.44. The highest BCUT2D eigenvalue weighted by Crippen LogP contribution is 2.38. The average Bonchev–Trinajstić information content (AvgIpc) is 2.93. The highest BCUT2D eigenvalue weighted by molar-refractivity contribution is 5.89. The van der Waals surface area contributed by atoms with Crippen molar-refractivity contribution in [1.82, 2.24) is 15.2 Å². The highest BCUT2D eigenvalue weighted by Gasteiger charge is 2.39. The van der Waals surface area contributed by atoms with Crippen LogP contribution in [0.5, 0.6) is 17.2 Å². The molecule has 10 heteroatoms. The molecule has 1 saturated heterocycles. The molecule has 3 aromatic rings. The third kappa shape index (κ3) is 6.55. The molecule has 1 unspecified atom stereocenters. The van der Waals surface area contributed by atoms with Crippen LogP contribution in [-0.4, -0.2) is 65.5 Å². The summed E-state index contributed by atoms with van der Waals surface area (Å²) in [5.74, 6) is 0.806. The summed E-state index contributed by atoms with van der Waals surface area (Å²) < 4.78 is 38.9. The molecule has 2 amide bonds. The maximum Gasteiger partial charge on any atom is 0.410 e. The number of carbonyl (C=O) groups is 2. The molecule has 0 aliphatic carbocycles. The topological polar surface area (TPSA) is 99.2 Å². The van der Waals surface area contributed by atoms with Gasteiger partial charge in [0.15, 0.2) is 17.7 Å². The Bertz CT molecular complexity index is 1360. The molecule has 0 spiro atoms. The molecule has 1 N–H and O–H groups in total. The van der Waals surface area contributed by atoms with Gasteiger partial charge in [0.05, 0.1) is 18.3 Å².